The quantitative estimate of drug-likeness (QED) is 0.531. The van der Waals surface area contributed by atoms with E-state index in [1.807, 2.05) is 18.2 Å². The Kier molecular flexibility index (Phi) is 4.08. The van der Waals surface area contributed by atoms with E-state index in [1.54, 1.807) is 29.5 Å². The fourth-order valence-corrected chi connectivity index (χ4v) is 3.48. The highest BCUT2D eigenvalue weighted by molar-refractivity contribution is 7.17. The SMILES string of the molecule is Clc1ccc(OCc2csc3ccc(Cl)cc23)c(Cl)c1. The second-order valence-electron chi connectivity index (χ2n) is 4.26. The first-order valence-corrected chi connectivity index (χ1v) is 7.88. The van der Waals surface area contributed by atoms with Gasteiger partial charge in [0.25, 0.3) is 0 Å². The molecule has 20 heavy (non-hydrogen) atoms. The maximum absolute atomic E-state index is 6.09. The van der Waals surface area contributed by atoms with Gasteiger partial charge in [-0.05, 0) is 41.8 Å². The zero-order chi connectivity index (χ0) is 14.1. The van der Waals surface area contributed by atoms with E-state index in [4.69, 9.17) is 39.5 Å². The van der Waals surface area contributed by atoms with Crippen molar-refractivity contribution in [2.24, 2.45) is 0 Å². The maximum atomic E-state index is 6.09. The van der Waals surface area contributed by atoms with Crippen LogP contribution in [0.15, 0.2) is 41.8 Å². The molecule has 1 nitrogen and oxygen atoms in total. The van der Waals surface area contributed by atoms with Gasteiger partial charge in [-0.2, -0.15) is 0 Å². The first kappa shape index (κ1) is 14.0. The monoisotopic (exact) mass is 342 g/mol. The van der Waals surface area contributed by atoms with E-state index in [0.717, 1.165) is 16.0 Å². The lowest BCUT2D eigenvalue weighted by Crippen LogP contribution is -1.94. The summed E-state index contributed by atoms with van der Waals surface area (Å²) in [5.41, 5.74) is 1.10. The third-order valence-corrected chi connectivity index (χ3v) is 4.67. The molecule has 0 saturated heterocycles. The highest BCUT2D eigenvalue weighted by atomic mass is 35.5. The number of halogens is 3. The van der Waals surface area contributed by atoms with Crippen LogP contribution in [0.25, 0.3) is 10.1 Å². The topological polar surface area (TPSA) is 9.23 Å². The van der Waals surface area contributed by atoms with E-state index in [1.165, 1.54) is 4.70 Å². The van der Waals surface area contributed by atoms with Gasteiger partial charge in [-0.25, -0.2) is 0 Å². The third kappa shape index (κ3) is 2.89. The van der Waals surface area contributed by atoms with Crippen molar-refractivity contribution >= 4 is 56.2 Å². The molecule has 3 aromatic rings. The summed E-state index contributed by atoms with van der Waals surface area (Å²) in [7, 11) is 0. The standard InChI is InChI=1S/C15H9Cl3OS/c16-10-2-4-15-12(5-10)9(8-20-15)7-19-14-3-1-11(17)6-13(14)18/h1-6,8H,7H2. The van der Waals surface area contributed by atoms with Crippen LogP contribution in [0.2, 0.25) is 15.1 Å². The minimum absolute atomic E-state index is 0.446. The van der Waals surface area contributed by atoms with E-state index in [9.17, 15) is 0 Å². The zero-order valence-electron chi connectivity index (χ0n) is 10.2. The molecule has 0 aliphatic rings. The smallest absolute Gasteiger partial charge is 0.138 e. The highest BCUT2D eigenvalue weighted by Gasteiger charge is 2.07. The second-order valence-corrected chi connectivity index (χ2v) is 6.46. The van der Waals surface area contributed by atoms with Crippen LogP contribution in [0.4, 0.5) is 0 Å². The minimum Gasteiger partial charge on any atom is -0.487 e. The Morgan fingerprint density at radius 1 is 0.950 bits per heavy atom. The van der Waals surface area contributed by atoms with Crippen LogP contribution >= 0.6 is 46.1 Å². The summed E-state index contributed by atoms with van der Waals surface area (Å²) >= 11 is 19.7. The van der Waals surface area contributed by atoms with E-state index in [-0.39, 0.29) is 0 Å². The number of hydrogen-bond acceptors (Lipinski definition) is 2. The molecule has 102 valence electrons. The molecule has 0 atom stereocenters. The first-order valence-electron chi connectivity index (χ1n) is 5.87. The zero-order valence-corrected chi connectivity index (χ0v) is 13.3. The molecule has 0 aliphatic carbocycles. The van der Waals surface area contributed by atoms with Gasteiger partial charge >= 0.3 is 0 Å². The van der Waals surface area contributed by atoms with Gasteiger partial charge in [-0.15, -0.1) is 11.3 Å². The molecule has 0 aliphatic heterocycles. The average Bonchev–Trinajstić information content (AvgIpc) is 2.80. The molecule has 0 spiro atoms. The summed E-state index contributed by atoms with van der Waals surface area (Å²) in [6.45, 7) is 0.446. The molecule has 0 unspecified atom stereocenters. The van der Waals surface area contributed by atoms with Crippen molar-refractivity contribution in [2.45, 2.75) is 6.61 Å². The molecule has 3 rings (SSSR count). The highest BCUT2D eigenvalue weighted by Crippen LogP contribution is 2.32. The molecule has 2 aromatic carbocycles. The van der Waals surface area contributed by atoms with Crippen LogP contribution in [0, 0.1) is 0 Å². The van der Waals surface area contributed by atoms with Crippen LogP contribution in [-0.2, 0) is 6.61 Å². The van der Waals surface area contributed by atoms with Crippen molar-refractivity contribution < 1.29 is 4.74 Å². The Balaban J connectivity index is 1.85. The van der Waals surface area contributed by atoms with Crippen molar-refractivity contribution in [2.75, 3.05) is 0 Å². The van der Waals surface area contributed by atoms with E-state index < -0.39 is 0 Å². The van der Waals surface area contributed by atoms with Gasteiger partial charge in [-0.3, -0.25) is 0 Å². The predicted octanol–water partition coefficient (Wildman–Crippen LogP) is 6.44. The van der Waals surface area contributed by atoms with Gasteiger partial charge in [0, 0.05) is 25.7 Å². The van der Waals surface area contributed by atoms with E-state index in [0.29, 0.717) is 22.4 Å². The molecule has 0 saturated carbocycles. The number of thiophene rings is 1. The summed E-state index contributed by atoms with van der Waals surface area (Å²) in [5.74, 6) is 0.623. The molecule has 0 amide bonds. The van der Waals surface area contributed by atoms with Crippen LogP contribution in [0.1, 0.15) is 5.56 Å². The Hall–Kier alpha value is -0.930. The van der Waals surface area contributed by atoms with Crippen LogP contribution in [0.5, 0.6) is 5.75 Å². The lowest BCUT2D eigenvalue weighted by Gasteiger charge is -2.07. The van der Waals surface area contributed by atoms with Gasteiger partial charge < -0.3 is 4.74 Å². The predicted molar refractivity (Wildman–Crippen MR) is 87.6 cm³/mol. The van der Waals surface area contributed by atoms with Gasteiger partial charge in [0.1, 0.15) is 12.4 Å². The fraction of sp³-hybridized carbons (Fsp3) is 0.0667. The molecule has 1 heterocycles. The van der Waals surface area contributed by atoms with E-state index >= 15 is 0 Å². The summed E-state index contributed by atoms with van der Waals surface area (Å²) in [6.07, 6.45) is 0. The summed E-state index contributed by atoms with van der Waals surface area (Å²) in [4.78, 5) is 0. The fourth-order valence-electron chi connectivity index (χ4n) is 1.91. The normalized spacial score (nSPS) is 10.9. The lowest BCUT2D eigenvalue weighted by atomic mass is 10.2. The Labute approximate surface area is 135 Å². The summed E-state index contributed by atoms with van der Waals surface area (Å²) in [6, 6.07) is 11.1. The van der Waals surface area contributed by atoms with E-state index in [2.05, 4.69) is 5.38 Å². The molecule has 0 bridgehead atoms. The Morgan fingerprint density at radius 2 is 1.70 bits per heavy atom. The molecule has 5 heteroatoms. The molecule has 0 radical (unpaired) electrons. The molecule has 0 N–H and O–H groups in total. The Morgan fingerprint density at radius 3 is 2.50 bits per heavy atom. The molecule has 0 fully saturated rings. The Bertz CT molecular complexity index is 767. The number of ether oxygens (including phenoxy) is 1. The van der Waals surface area contributed by atoms with Crippen molar-refractivity contribution in [1.82, 2.24) is 0 Å². The van der Waals surface area contributed by atoms with Gasteiger partial charge in [0.2, 0.25) is 0 Å². The first-order chi connectivity index (χ1) is 9.63. The number of benzene rings is 2. The largest absolute Gasteiger partial charge is 0.487 e. The van der Waals surface area contributed by atoms with Crippen molar-refractivity contribution in [3.05, 3.63) is 62.4 Å². The molecular weight excluding hydrogens is 335 g/mol. The van der Waals surface area contributed by atoms with Crippen LogP contribution in [-0.4, -0.2) is 0 Å². The summed E-state index contributed by atoms with van der Waals surface area (Å²) < 4.78 is 6.95. The molecule has 1 aromatic heterocycles. The minimum atomic E-state index is 0.446. The van der Waals surface area contributed by atoms with Crippen LogP contribution < -0.4 is 4.74 Å². The van der Waals surface area contributed by atoms with Gasteiger partial charge in [0.15, 0.2) is 0 Å². The maximum Gasteiger partial charge on any atom is 0.138 e. The average molecular weight is 344 g/mol. The number of rotatable bonds is 3. The molecular formula is C15H9Cl3OS. The van der Waals surface area contributed by atoms with Crippen molar-refractivity contribution in [3.8, 4) is 5.75 Å². The van der Waals surface area contributed by atoms with Crippen LogP contribution in [0.3, 0.4) is 0 Å². The third-order valence-electron chi connectivity index (χ3n) is 2.89. The number of hydrogen-bond donors (Lipinski definition) is 0. The number of fused-ring (bicyclic) bond motifs is 1. The van der Waals surface area contributed by atoms with Gasteiger partial charge in [0.05, 0.1) is 5.02 Å². The van der Waals surface area contributed by atoms with Crippen molar-refractivity contribution in [1.29, 1.82) is 0 Å². The summed E-state index contributed by atoms with van der Waals surface area (Å²) in [5, 5.41) is 5.02. The van der Waals surface area contributed by atoms with Gasteiger partial charge in [-0.1, -0.05) is 34.8 Å². The lowest BCUT2D eigenvalue weighted by molar-refractivity contribution is 0.308. The second kappa shape index (κ2) is 5.82. The van der Waals surface area contributed by atoms with Crippen molar-refractivity contribution in [3.63, 3.8) is 0 Å².